The van der Waals surface area contributed by atoms with E-state index in [-0.39, 0.29) is 6.10 Å². The fraction of sp³-hybridized carbons (Fsp3) is 0.250. The summed E-state index contributed by atoms with van der Waals surface area (Å²) in [6, 6.07) is 1.87. The van der Waals surface area contributed by atoms with Crippen LogP contribution < -0.4 is 4.74 Å². The monoisotopic (exact) mass is 249 g/mol. The highest BCUT2D eigenvalue weighted by molar-refractivity contribution is 6.32. The van der Waals surface area contributed by atoms with Gasteiger partial charge in [-0.25, -0.2) is 9.97 Å². The quantitative estimate of drug-likeness (QED) is 0.785. The minimum absolute atomic E-state index is 0.106. The average molecular weight is 250 g/mol. The molecule has 0 fully saturated rings. The van der Waals surface area contributed by atoms with Crippen molar-refractivity contribution in [3.05, 3.63) is 36.1 Å². The molecule has 0 radical (unpaired) electrons. The number of nitrogens with zero attached hydrogens (tertiary/aromatic N) is 3. The minimum Gasteiger partial charge on any atom is -0.489 e. The van der Waals surface area contributed by atoms with Crippen molar-refractivity contribution in [1.82, 2.24) is 15.0 Å². The van der Waals surface area contributed by atoms with Gasteiger partial charge in [0.25, 0.3) is 0 Å². The lowest BCUT2D eigenvalue weighted by molar-refractivity contribution is 0.241. The van der Waals surface area contributed by atoms with E-state index in [4.69, 9.17) is 16.3 Å². The van der Waals surface area contributed by atoms with Gasteiger partial charge in [0.15, 0.2) is 0 Å². The van der Waals surface area contributed by atoms with Crippen molar-refractivity contribution in [1.29, 1.82) is 0 Å². The van der Waals surface area contributed by atoms with Gasteiger partial charge in [0.2, 0.25) is 0 Å². The summed E-state index contributed by atoms with van der Waals surface area (Å²) in [4.78, 5) is 12.0. The van der Waals surface area contributed by atoms with Crippen LogP contribution in [0.3, 0.4) is 0 Å². The lowest BCUT2D eigenvalue weighted by atomic mass is 10.1. The van der Waals surface area contributed by atoms with Gasteiger partial charge >= 0.3 is 0 Å². The molecule has 0 N–H and O–H groups in total. The number of ether oxygens (including phenoxy) is 1. The fourth-order valence-corrected chi connectivity index (χ4v) is 1.61. The smallest absolute Gasteiger partial charge is 0.140 e. The second kappa shape index (κ2) is 5.10. The van der Waals surface area contributed by atoms with Gasteiger partial charge in [-0.2, -0.15) is 0 Å². The molecule has 0 amide bonds. The van der Waals surface area contributed by atoms with Crippen LogP contribution in [0.15, 0.2) is 31.0 Å². The van der Waals surface area contributed by atoms with Crippen LogP contribution in [0.4, 0.5) is 0 Å². The molecule has 0 aromatic carbocycles. The van der Waals surface area contributed by atoms with Crippen molar-refractivity contribution >= 4 is 11.6 Å². The summed E-state index contributed by atoms with van der Waals surface area (Å²) in [5.74, 6) is 0.706. The second-order valence-electron chi connectivity index (χ2n) is 3.80. The van der Waals surface area contributed by atoms with Gasteiger partial charge in [0.1, 0.15) is 17.2 Å². The first-order valence-electron chi connectivity index (χ1n) is 5.24. The van der Waals surface area contributed by atoms with Gasteiger partial charge in [-0.1, -0.05) is 11.6 Å². The molecule has 2 rings (SSSR count). The third kappa shape index (κ3) is 2.91. The molecule has 0 spiro atoms. The molecule has 17 heavy (non-hydrogen) atoms. The third-order valence-electron chi connectivity index (χ3n) is 2.06. The largest absolute Gasteiger partial charge is 0.489 e. The Labute approximate surface area is 105 Å². The zero-order chi connectivity index (χ0) is 12.3. The Morgan fingerprint density at radius 3 is 2.71 bits per heavy atom. The number of hydrogen-bond donors (Lipinski definition) is 0. The summed E-state index contributed by atoms with van der Waals surface area (Å²) in [6.45, 7) is 3.93. The zero-order valence-electron chi connectivity index (χ0n) is 9.59. The molecular formula is C12H12ClN3O. The first kappa shape index (κ1) is 11.8. The SMILES string of the molecule is CC(C)Oc1cncc(-c2cncnc2Cl)c1. The minimum atomic E-state index is 0.106. The van der Waals surface area contributed by atoms with Gasteiger partial charge in [0.05, 0.1) is 12.3 Å². The number of rotatable bonds is 3. The van der Waals surface area contributed by atoms with E-state index in [9.17, 15) is 0 Å². The Balaban J connectivity index is 2.37. The van der Waals surface area contributed by atoms with Gasteiger partial charge in [-0.05, 0) is 19.9 Å². The van der Waals surface area contributed by atoms with Crippen LogP contribution in [-0.4, -0.2) is 21.1 Å². The highest BCUT2D eigenvalue weighted by Crippen LogP contribution is 2.27. The van der Waals surface area contributed by atoms with Crippen LogP contribution in [0, 0.1) is 0 Å². The Kier molecular flexibility index (Phi) is 3.54. The number of pyridine rings is 1. The van der Waals surface area contributed by atoms with Crippen LogP contribution in [0.1, 0.15) is 13.8 Å². The Bertz CT molecular complexity index is 517. The molecule has 0 atom stereocenters. The Hall–Kier alpha value is -1.68. The predicted octanol–water partition coefficient (Wildman–Crippen LogP) is 2.98. The molecule has 0 aliphatic carbocycles. The number of halogens is 1. The molecule has 88 valence electrons. The normalized spacial score (nSPS) is 10.6. The molecule has 0 unspecified atom stereocenters. The van der Waals surface area contributed by atoms with Crippen molar-refractivity contribution in [3.8, 4) is 16.9 Å². The van der Waals surface area contributed by atoms with Gasteiger partial charge in [-0.15, -0.1) is 0 Å². The van der Waals surface area contributed by atoms with Gasteiger partial charge in [-0.3, -0.25) is 4.98 Å². The van der Waals surface area contributed by atoms with E-state index < -0.39 is 0 Å². The zero-order valence-corrected chi connectivity index (χ0v) is 10.3. The van der Waals surface area contributed by atoms with Crippen LogP contribution in [-0.2, 0) is 0 Å². The van der Waals surface area contributed by atoms with Crippen molar-refractivity contribution < 1.29 is 4.74 Å². The summed E-state index contributed by atoms with van der Waals surface area (Å²) in [5.41, 5.74) is 1.59. The highest BCUT2D eigenvalue weighted by Gasteiger charge is 2.07. The topological polar surface area (TPSA) is 47.9 Å². The van der Waals surface area contributed by atoms with E-state index in [1.54, 1.807) is 18.6 Å². The maximum atomic E-state index is 6.00. The van der Waals surface area contributed by atoms with Crippen molar-refractivity contribution in [2.75, 3.05) is 0 Å². The Morgan fingerprint density at radius 2 is 2.00 bits per heavy atom. The molecule has 2 heterocycles. The maximum Gasteiger partial charge on any atom is 0.140 e. The summed E-state index contributed by atoms with van der Waals surface area (Å²) in [7, 11) is 0. The first-order chi connectivity index (χ1) is 8.16. The Morgan fingerprint density at radius 1 is 1.18 bits per heavy atom. The molecule has 2 aromatic heterocycles. The van der Waals surface area contributed by atoms with E-state index in [0.717, 1.165) is 11.1 Å². The van der Waals surface area contributed by atoms with Crippen molar-refractivity contribution in [3.63, 3.8) is 0 Å². The molecule has 0 bridgehead atoms. The average Bonchev–Trinajstić information content (AvgIpc) is 2.29. The highest BCUT2D eigenvalue weighted by atomic mass is 35.5. The maximum absolute atomic E-state index is 6.00. The summed E-state index contributed by atoms with van der Waals surface area (Å²) < 4.78 is 5.57. The van der Waals surface area contributed by atoms with E-state index in [1.165, 1.54) is 6.33 Å². The van der Waals surface area contributed by atoms with Gasteiger partial charge in [0, 0.05) is 23.5 Å². The van der Waals surface area contributed by atoms with Crippen molar-refractivity contribution in [2.45, 2.75) is 20.0 Å². The van der Waals surface area contributed by atoms with E-state index in [2.05, 4.69) is 15.0 Å². The summed E-state index contributed by atoms with van der Waals surface area (Å²) in [5, 5.41) is 0.406. The van der Waals surface area contributed by atoms with Crippen LogP contribution >= 0.6 is 11.6 Å². The van der Waals surface area contributed by atoms with Gasteiger partial charge < -0.3 is 4.74 Å². The molecule has 4 nitrogen and oxygen atoms in total. The first-order valence-corrected chi connectivity index (χ1v) is 5.62. The third-order valence-corrected chi connectivity index (χ3v) is 2.36. The second-order valence-corrected chi connectivity index (χ2v) is 4.16. The van der Waals surface area contributed by atoms with Crippen LogP contribution in [0.2, 0.25) is 5.15 Å². The predicted molar refractivity (Wildman–Crippen MR) is 66.0 cm³/mol. The summed E-state index contributed by atoms with van der Waals surface area (Å²) in [6.07, 6.45) is 6.55. The lowest BCUT2D eigenvalue weighted by Gasteiger charge is -2.10. The number of hydrogen-bond acceptors (Lipinski definition) is 4. The van der Waals surface area contributed by atoms with Crippen molar-refractivity contribution in [2.24, 2.45) is 0 Å². The van der Waals surface area contributed by atoms with Crippen LogP contribution in [0.25, 0.3) is 11.1 Å². The summed E-state index contributed by atoms with van der Waals surface area (Å²) >= 11 is 6.00. The lowest BCUT2D eigenvalue weighted by Crippen LogP contribution is -2.05. The van der Waals surface area contributed by atoms with E-state index in [0.29, 0.717) is 10.9 Å². The molecule has 0 saturated heterocycles. The number of aromatic nitrogens is 3. The molecule has 2 aromatic rings. The molecule has 0 aliphatic heterocycles. The van der Waals surface area contributed by atoms with E-state index >= 15 is 0 Å². The van der Waals surface area contributed by atoms with Crippen LogP contribution in [0.5, 0.6) is 5.75 Å². The molecule has 0 aliphatic rings. The fourth-order valence-electron chi connectivity index (χ4n) is 1.41. The molecule has 0 saturated carbocycles. The molecular weight excluding hydrogens is 238 g/mol. The van der Waals surface area contributed by atoms with E-state index in [1.807, 2.05) is 19.9 Å². The molecule has 5 heteroatoms. The standard InChI is InChI=1S/C12H12ClN3O/c1-8(2)17-10-3-9(4-14-5-10)11-6-15-7-16-12(11)13/h3-8H,1-2H3.